The molecule has 0 amide bonds. The van der Waals surface area contributed by atoms with E-state index in [1.807, 2.05) is 12.3 Å². The summed E-state index contributed by atoms with van der Waals surface area (Å²) in [4.78, 5) is 4.15. The molecule has 0 spiro atoms. The Morgan fingerprint density at radius 1 is 1.50 bits per heavy atom. The molecule has 0 aliphatic heterocycles. The van der Waals surface area contributed by atoms with Crippen LogP contribution in [0.2, 0.25) is 5.02 Å². The standard InChI is InChI=1S/C9H11ClN4/c10-8-7(3-1-4-11)13-14-6-2-5-12-9(8)14/h2,5-6H,1,3-4,11H2. The first-order chi connectivity index (χ1) is 6.83. The van der Waals surface area contributed by atoms with E-state index >= 15 is 0 Å². The normalized spacial score (nSPS) is 11.0. The van der Waals surface area contributed by atoms with E-state index in [2.05, 4.69) is 10.1 Å². The highest BCUT2D eigenvalue weighted by atomic mass is 35.5. The van der Waals surface area contributed by atoms with Gasteiger partial charge in [0.15, 0.2) is 5.65 Å². The zero-order chi connectivity index (χ0) is 9.97. The fourth-order valence-electron chi connectivity index (χ4n) is 1.33. The molecule has 74 valence electrons. The smallest absolute Gasteiger partial charge is 0.174 e. The second kappa shape index (κ2) is 3.94. The number of fused-ring (bicyclic) bond motifs is 1. The maximum Gasteiger partial charge on any atom is 0.174 e. The Morgan fingerprint density at radius 2 is 2.36 bits per heavy atom. The Hall–Kier alpha value is -1.13. The zero-order valence-corrected chi connectivity index (χ0v) is 8.41. The summed E-state index contributed by atoms with van der Waals surface area (Å²) in [7, 11) is 0. The Bertz CT molecular complexity index is 437. The predicted octanol–water partition coefficient (Wildman–Crippen LogP) is 1.27. The van der Waals surface area contributed by atoms with E-state index in [0.29, 0.717) is 17.2 Å². The third-order valence-electron chi connectivity index (χ3n) is 2.02. The molecular weight excluding hydrogens is 200 g/mol. The third-order valence-corrected chi connectivity index (χ3v) is 2.41. The number of halogens is 1. The molecule has 2 rings (SSSR count). The number of hydrogen-bond donors (Lipinski definition) is 1. The van der Waals surface area contributed by atoms with Crippen LogP contribution in [0.1, 0.15) is 12.1 Å². The number of nitrogens with zero attached hydrogens (tertiary/aromatic N) is 3. The first-order valence-electron chi connectivity index (χ1n) is 4.50. The van der Waals surface area contributed by atoms with Crippen molar-refractivity contribution in [2.45, 2.75) is 12.8 Å². The van der Waals surface area contributed by atoms with Gasteiger partial charge in [0.25, 0.3) is 0 Å². The van der Waals surface area contributed by atoms with Crippen LogP contribution in [0.15, 0.2) is 18.5 Å². The Balaban J connectivity index is 2.41. The van der Waals surface area contributed by atoms with Gasteiger partial charge in [-0.2, -0.15) is 5.10 Å². The minimum absolute atomic E-state index is 0.638. The lowest BCUT2D eigenvalue weighted by atomic mass is 10.2. The minimum atomic E-state index is 0.638. The number of rotatable bonds is 3. The average Bonchev–Trinajstić information content (AvgIpc) is 2.54. The molecule has 0 saturated heterocycles. The lowest BCUT2D eigenvalue weighted by Crippen LogP contribution is -2.01. The van der Waals surface area contributed by atoms with Gasteiger partial charge < -0.3 is 5.73 Å². The number of nitrogens with two attached hydrogens (primary N) is 1. The van der Waals surface area contributed by atoms with Crippen LogP contribution in [-0.4, -0.2) is 21.1 Å². The minimum Gasteiger partial charge on any atom is -0.330 e. The second-order valence-electron chi connectivity index (χ2n) is 3.04. The number of hydrogen-bond acceptors (Lipinski definition) is 3. The molecule has 4 nitrogen and oxygen atoms in total. The summed E-state index contributed by atoms with van der Waals surface area (Å²) in [5, 5.41) is 4.95. The zero-order valence-electron chi connectivity index (χ0n) is 7.65. The summed E-state index contributed by atoms with van der Waals surface area (Å²) in [5.74, 6) is 0. The average molecular weight is 211 g/mol. The largest absolute Gasteiger partial charge is 0.330 e. The molecule has 0 aliphatic carbocycles. The maximum atomic E-state index is 6.11. The fraction of sp³-hybridized carbons (Fsp3) is 0.333. The Labute approximate surface area is 86.7 Å². The predicted molar refractivity (Wildman–Crippen MR) is 55.4 cm³/mol. The van der Waals surface area contributed by atoms with Crippen molar-refractivity contribution in [2.75, 3.05) is 6.54 Å². The fourth-order valence-corrected chi connectivity index (χ4v) is 1.60. The lowest BCUT2D eigenvalue weighted by molar-refractivity contribution is 0.788. The molecule has 0 aromatic carbocycles. The quantitative estimate of drug-likeness (QED) is 0.830. The van der Waals surface area contributed by atoms with Gasteiger partial charge in [-0.05, 0) is 25.5 Å². The first kappa shape index (κ1) is 9.43. The van der Waals surface area contributed by atoms with Crippen molar-refractivity contribution in [1.29, 1.82) is 0 Å². The molecule has 2 N–H and O–H groups in total. The van der Waals surface area contributed by atoms with Gasteiger partial charge in [0.1, 0.15) is 5.02 Å². The highest BCUT2D eigenvalue weighted by molar-refractivity contribution is 6.34. The van der Waals surface area contributed by atoms with Gasteiger partial charge in [-0.1, -0.05) is 11.6 Å². The molecule has 0 atom stereocenters. The number of aryl methyl sites for hydroxylation is 1. The molecular formula is C9H11ClN4. The van der Waals surface area contributed by atoms with Gasteiger partial charge in [0.2, 0.25) is 0 Å². The summed E-state index contributed by atoms with van der Waals surface area (Å²) in [6.07, 6.45) is 5.23. The lowest BCUT2D eigenvalue weighted by Gasteiger charge is -1.92. The molecule has 2 aromatic rings. The van der Waals surface area contributed by atoms with Gasteiger partial charge in [-0.3, -0.25) is 0 Å². The molecule has 5 heteroatoms. The molecule has 0 saturated carbocycles. The van der Waals surface area contributed by atoms with Crippen LogP contribution in [0, 0.1) is 0 Å². The van der Waals surface area contributed by atoms with Gasteiger partial charge in [-0.25, -0.2) is 9.50 Å². The summed E-state index contributed by atoms with van der Waals surface area (Å²) >= 11 is 6.11. The molecule has 2 aromatic heterocycles. The van der Waals surface area contributed by atoms with Crippen LogP contribution in [0.4, 0.5) is 0 Å². The van der Waals surface area contributed by atoms with E-state index in [-0.39, 0.29) is 0 Å². The van der Waals surface area contributed by atoms with E-state index in [9.17, 15) is 0 Å². The molecule has 0 aliphatic rings. The van der Waals surface area contributed by atoms with Crippen LogP contribution in [0.3, 0.4) is 0 Å². The van der Waals surface area contributed by atoms with Crippen molar-refractivity contribution in [2.24, 2.45) is 5.73 Å². The SMILES string of the molecule is NCCCc1nn2cccnc2c1Cl. The van der Waals surface area contributed by atoms with E-state index in [1.165, 1.54) is 0 Å². The van der Waals surface area contributed by atoms with Gasteiger partial charge in [-0.15, -0.1) is 0 Å². The van der Waals surface area contributed by atoms with E-state index in [0.717, 1.165) is 18.5 Å². The number of aromatic nitrogens is 3. The van der Waals surface area contributed by atoms with E-state index in [1.54, 1.807) is 10.7 Å². The van der Waals surface area contributed by atoms with Crippen molar-refractivity contribution in [3.63, 3.8) is 0 Å². The highest BCUT2D eigenvalue weighted by Crippen LogP contribution is 2.20. The molecule has 2 heterocycles. The van der Waals surface area contributed by atoms with Crippen molar-refractivity contribution in [3.05, 3.63) is 29.2 Å². The first-order valence-corrected chi connectivity index (χ1v) is 4.88. The van der Waals surface area contributed by atoms with Gasteiger partial charge >= 0.3 is 0 Å². The van der Waals surface area contributed by atoms with E-state index < -0.39 is 0 Å². The Kier molecular flexibility index (Phi) is 2.65. The van der Waals surface area contributed by atoms with Crippen molar-refractivity contribution in [3.8, 4) is 0 Å². The summed E-state index contributed by atoms with van der Waals surface area (Å²) in [5.41, 5.74) is 7.01. The summed E-state index contributed by atoms with van der Waals surface area (Å²) < 4.78 is 1.69. The van der Waals surface area contributed by atoms with Crippen molar-refractivity contribution < 1.29 is 0 Å². The third kappa shape index (κ3) is 1.58. The second-order valence-corrected chi connectivity index (χ2v) is 3.42. The van der Waals surface area contributed by atoms with Gasteiger partial charge in [0.05, 0.1) is 5.69 Å². The van der Waals surface area contributed by atoms with Gasteiger partial charge in [0, 0.05) is 12.4 Å². The molecule has 0 radical (unpaired) electrons. The van der Waals surface area contributed by atoms with Crippen molar-refractivity contribution in [1.82, 2.24) is 14.6 Å². The van der Waals surface area contributed by atoms with Crippen LogP contribution in [0.25, 0.3) is 5.65 Å². The summed E-state index contributed by atoms with van der Waals surface area (Å²) in [6.45, 7) is 0.650. The highest BCUT2D eigenvalue weighted by Gasteiger charge is 2.09. The van der Waals surface area contributed by atoms with Crippen LogP contribution >= 0.6 is 11.6 Å². The summed E-state index contributed by atoms with van der Waals surface area (Å²) in [6, 6.07) is 1.82. The molecule has 0 fully saturated rings. The van der Waals surface area contributed by atoms with Crippen LogP contribution in [-0.2, 0) is 6.42 Å². The van der Waals surface area contributed by atoms with Crippen LogP contribution < -0.4 is 5.73 Å². The topological polar surface area (TPSA) is 56.2 Å². The van der Waals surface area contributed by atoms with E-state index in [4.69, 9.17) is 17.3 Å². The van der Waals surface area contributed by atoms with Crippen molar-refractivity contribution >= 4 is 17.2 Å². The molecule has 14 heavy (non-hydrogen) atoms. The van der Waals surface area contributed by atoms with Crippen LogP contribution in [0.5, 0.6) is 0 Å². The molecule has 0 unspecified atom stereocenters. The Morgan fingerprint density at radius 3 is 3.07 bits per heavy atom. The monoisotopic (exact) mass is 210 g/mol. The molecule has 0 bridgehead atoms. The maximum absolute atomic E-state index is 6.11.